The topological polar surface area (TPSA) is 68.1 Å². The second-order valence-corrected chi connectivity index (χ2v) is 5.70. The van der Waals surface area contributed by atoms with E-state index in [4.69, 9.17) is 0 Å². The van der Waals surface area contributed by atoms with E-state index in [9.17, 15) is 9.59 Å². The van der Waals surface area contributed by atoms with Crippen molar-refractivity contribution in [3.05, 3.63) is 34.3 Å². The lowest BCUT2D eigenvalue weighted by Crippen LogP contribution is -2.33. The highest BCUT2D eigenvalue weighted by atomic mass is 32.1. The Kier molecular flexibility index (Phi) is 3.60. The Labute approximate surface area is 120 Å². The lowest BCUT2D eigenvalue weighted by atomic mass is 10.2. The maximum atomic E-state index is 12.4. The van der Waals surface area contributed by atoms with Crippen molar-refractivity contribution in [2.45, 2.75) is 25.4 Å². The van der Waals surface area contributed by atoms with Gasteiger partial charge in [-0.3, -0.25) is 9.59 Å². The van der Waals surface area contributed by atoms with Gasteiger partial charge in [0.25, 0.3) is 0 Å². The van der Waals surface area contributed by atoms with E-state index < -0.39 is 0 Å². The number of rotatable bonds is 4. The van der Waals surface area contributed by atoms with Crippen molar-refractivity contribution in [3.63, 3.8) is 0 Å². The number of hydrogen-bond donors (Lipinski definition) is 0. The largest absolute Gasteiger partial charge is 0.333 e. The molecule has 1 saturated heterocycles. The van der Waals surface area contributed by atoms with Crippen molar-refractivity contribution in [1.82, 2.24) is 19.9 Å². The van der Waals surface area contributed by atoms with Gasteiger partial charge in [-0.05, 0) is 24.3 Å². The first-order chi connectivity index (χ1) is 9.78. The van der Waals surface area contributed by atoms with Crippen molar-refractivity contribution in [3.8, 4) is 0 Å². The third-order valence-electron chi connectivity index (χ3n) is 3.42. The molecule has 0 spiro atoms. The van der Waals surface area contributed by atoms with Crippen LogP contribution in [0.1, 0.15) is 34.2 Å². The molecule has 1 aliphatic heterocycles. The highest BCUT2D eigenvalue weighted by molar-refractivity contribution is 7.10. The maximum Gasteiger partial charge on any atom is 0.244 e. The highest BCUT2D eigenvalue weighted by Gasteiger charge is 2.30. The quantitative estimate of drug-likeness (QED) is 0.801. The van der Waals surface area contributed by atoms with E-state index in [0.717, 1.165) is 19.4 Å². The monoisotopic (exact) mass is 290 g/mol. The number of likely N-dealkylation sites (tertiary alicyclic amines) is 1. The van der Waals surface area contributed by atoms with Crippen LogP contribution in [-0.4, -0.2) is 38.6 Å². The van der Waals surface area contributed by atoms with Gasteiger partial charge in [0.15, 0.2) is 6.29 Å². The number of nitrogens with zero attached hydrogens (tertiary/aromatic N) is 4. The summed E-state index contributed by atoms with van der Waals surface area (Å²) in [6.07, 6.45) is 4.13. The van der Waals surface area contributed by atoms with Crippen LogP contribution in [0.5, 0.6) is 0 Å². The first-order valence-electron chi connectivity index (χ1n) is 6.46. The molecule has 3 heterocycles. The van der Waals surface area contributed by atoms with Crippen molar-refractivity contribution >= 4 is 23.5 Å². The second-order valence-electron chi connectivity index (χ2n) is 4.72. The molecule has 3 rings (SSSR count). The molecule has 1 amide bonds. The van der Waals surface area contributed by atoms with Crippen molar-refractivity contribution < 1.29 is 9.59 Å². The second kappa shape index (κ2) is 5.54. The molecule has 1 aliphatic rings. The SMILES string of the molecule is O=Cc1cn(CC(=O)N2CCCC2c2cccs2)nn1. The van der Waals surface area contributed by atoms with Gasteiger partial charge in [0.05, 0.1) is 12.2 Å². The molecule has 0 aromatic carbocycles. The lowest BCUT2D eigenvalue weighted by Gasteiger charge is -2.23. The number of hydrogen-bond acceptors (Lipinski definition) is 5. The van der Waals surface area contributed by atoms with Crippen LogP contribution in [0.3, 0.4) is 0 Å². The van der Waals surface area contributed by atoms with Crippen LogP contribution in [0.15, 0.2) is 23.7 Å². The van der Waals surface area contributed by atoms with Crippen LogP contribution in [0.2, 0.25) is 0 Å². The van der Waals surface area contributed by atoms with Gasteiger partial charge >= 0.3 is 0 Å². The van der Waals surface area contributed by atoms with Crippen molar-refractivity contribution in [2.75, 3.05) is 6.54 Å². The minimum absolute atomic E-state index is 0.0169. The Morgan fingerprint density at radius 1 is 1.55 bits per heavy atom. The molecular formula is C13H14N4O2S. The zero-order chi connectivity index (χ0) is 13.9. The van der Waals surface area contributed by atoms with Crippen LogP contribution in [0.4, 0.5) is 0 Å². The van der Waals surface area contributed by atoms with Gasteiger partial charge in [-0.1, -0.05) is 11.3 Å². The number of carbonyl (C=O) groups is 2. The van der Waals surface area contributed by atoms with E-state index in [-0.39, 0.29) is 24.2 Å². The fraction of sp³-hybridized carbons (Fsp3) is 0.385. The molecule has 0 aliphatic carbocycles. The first-order valence-corrected chi connectivity index (χ1v) is 7.34. The number of aldehydes is 1. The smallest absolute Gasteiger partial charge is 0.244 e. The molecule has 1 atom stereocenters. The summed E-state index contributed by atoms with van der Waals surface area (Å²) in [7, 11) is 0. The molecule has 1 unspecified atom stereocenters. The van der Waals surface area contributed by atoms with Crippen LogP contribution in [0, 0.1) is 0 Å². The van der Waals surface area contributed by atoms with E-state index in [0.29, 0.717) is 6.29 Å². The van der Waals surface area contributed by atoms with Crippen LogP contribution in [0.25, 0.3) is 0 Å². The minimum Gasteiger partial charge on any atom is -0.333 e. The average Bonchev–Trinajstić information content (AvgIpc) is 3.19. The summed E-state index contributed by atoms with van der Waals surface area (Å²) < 4.78 is 1.41. The van der Waals surface area contributed by atoms with E-state index in [1.54, 1.807) is 11.3 Å². The fourth-order valence-corrected chi connectivity index (χ4v) is 3.39. The van der Waals surface area contributed by atoms with Gasteiger partial charge in [0.2, 0.25) is 5.91 Å². The summed E-state index contributed by atoms with van der Waals surface area (Å²) >= 11 is 1.68. The van der Waals surface area contributed by atoms with Crippen LogP contribution < -0.4 is 0 Å². The summed E-state index contributed by atoms with van der Waals surface area (Å²) in [6.45, 7) is 0.902. The van der Waals surface area contributed by atoms with Gasteiger partial charge in [0, 0.05) is 11.4 Å². The molecule has 20 heavy (non-hydrogen) atoms. The molecular weight excluding hydrogens is 276 g/mol. The molecule has 1 fully saturated rings. The highest BCUT2D eigenvalue weighted by Crippen LogP contribution is 2.34. The molecule has 2 aromatic heterocycles. The Balaban J connectivity index is 1.71. The standard InChI is InChI=1S/C13H14N4O2S/c18-9-10-7-16(15-14-10)8-13(19)17-5-1-3-11(17)12-4-2-6-20-12/h2,4,6-7,9,11H,1,3,5,8H2. The van der Waals surface area contributed by atoms with E-state index in [2.05, 4.69) is 16.4 Å². The molecule has 104 valence electrons. The number of carbonyl (C=O) groups excluding carboxylic acids is 2. The summed E-state index contributed by atoms with van der Waals surface area (Å²) in [4.78, 5) is 26.1. The van der Waals surface area contributed by atoms with Crippen LogP contribution in [-0.2, 0) is 11.3 Å². The van der Waals surface area contributed by atoms with Crippen molar-refractivity contribution in [1.29, 1.82) is 0 Å². The van der Waals surface area contributed by atoms with Gasteiger partial charge in [0.1, 0.15) is 12.2 Å². The first kappa shape index (κ1) is 13.0. The lowest BCUT2D eigenvalue weighted by molar-refractivity contribution is -0.132. The molecule has 7 heteroatoms. The average molecular weight is 290 g/mol. The molecule has 0 saturated carbocycles. The third-order valence-corrected chi connectivity index (χ3v) is 4.39. The fourth-order valence-electron chi connectivity index (χ4n) is 2.52. The zero-order valence-corrected chi connectivity index (χ0v) is 11.6. The number of aromatic nitrogens is 3. The summed E-state index contributed by atoms with van der Waals surface area (Å²) in [5.74, 6) is 0.0169. The molecule has 0 radical (unpaired) electrons. The summed E-state index contributed by atoms with van der Waals surface area (Å²) in [5.41, 5.74) is 0.244. The van der Waals surface area contributed by atoms with E-state index >= 15 is 0 Å². The summed E-state index contributed by atoms with van der Waals surface area (Å²) in [5, 5.41) is 9.47. The van der Waals surface area contributed by atoms with Crippen molar-refractivity contribution in [2.24, 2.45) is 0 Å². The normalized spacial score (nSPS) is 18.4. The van der Waals surface area contributed by atoms with Gasteiger partial charge in [-0.15, -0.1) is 16.4 Å². The predicted molar refractivity (Wildman–Crippen MR) is 73.4 cm³/mol. The molecule has 0 N–H and O–H groups in total. The Morgan fingerprint density at radius 3 is 3.15 bits per heavy atom. The van der Waals surface area contributed by atoms with E-state index in [1.165, 1.54) is 15.8 Å². The Bertz CT molecular complexity index is 608. The third kappa shape index (κ3) is 2.49. The number of thiophene rings is 1. The van der Waals surface area contributed by atoms with E-state index in [1.807, 2.05) is 16.3 Å². The number of amides is 1. The molecule has 0 bridgehead atoms. The maximum absolute atomic E-state index is 12.4. The van der Waals surface area contributed by atoms with Gasteiger partial charge < -0.3 is 4.90 Å². The minimum atomic E-state index is 0.0169. The molecule has 6 nitrogen and oxygen atoms in total. The van der Waals surface area contributed by atoms with Crippen LogP contribution >= 0.6 is 11.3 Å². The van der Waals surface area contributed by atoms with Gasteiger partial charge in [-0.25, -0.2) is 4.68 Å². The summed E-state index contributed by atoms with van der Waals surface area (Å²) in [6, 6.07) is 4.26. The Hall–Kier alpha value is -2.02. The Morgan fingerprint density at radius 2 is 2.45 bits per heavy atom. The predicted octanol–water partition coefficient (Wildman–Crippen LogP) is 1.52. The zero-order valence-electron chi connectivity index (χ0n) is 10.8. The van der Waals surface area contributed by atoms with Gasteiger partial charge in [-0.2, -0.15) is 0 Å². The molecule has 2 aromatic rings.